The van der Waals surface area contributed by atoms with Gasteiger partial charge in [-0.1, -0.05) is 35.8 Å². The zero-order chi connectivity index (χ0) is 11.3. The van der Waals surface area contributed by atoms with Crippen LogP contribution in [0.2, 0.25) is 0 Å². The van der Waals surface area contributed by atoms with Gasteiger partial charge in [-0.15, -0.1) is 0 Å². The van der Waals surface area contributed by atoms with Crippen molar-refractivity contribution >= 4 is 15.9 Å². The van der Waals surface area contributed by atoms with E-state index in [1.54, 1.807) is 0 Å². The summed E-state index contributed by atoms with van der Waals surface area (Å²) in [5, 5.41) is 3.15. The Morgan fingerprint density at radius 3 is 2.67 bits per heavy atom. The fourth-order valence-corrected chi connectivity index (χ4v) is 1.71. The minimum atomic E-state index is 0.212. The molecule has 0 aliphatic heterocycles. The van der Waals surface area contributed by atoms with E-state index in [0.717, 1.165) is 16.8 Å². The van der Waals surface area contributed by atoms with Crippen LogP contribution in [-0.2, 0) is 0 Å². The molecule has 15 heavy (non-hydrogen) atoms. The number of nitrogens with one attached hydrogen (secondary N) is 1. The summed E-state index contributed by atoms with van der Waals surface area (Å²) in [4.78, 5) is 0. The monoisotopic (exact) mass is 271 g/mol. The van der Waals surface area contributed by atoms with Gasteiger partial charge in [-0.2, -0.15) is 0 Å². The highest BCUT2D eigenvalue weighted by Crippen LogP contribution is 2.20. The van der Waals surface area contributed by atoms with E-state index in [1.165, 1.54) is 0 Å². The molecule has 1 aromatic carbocycles. The van der Waals surface area contributed by atoms with E-state index < -0.39 is 0 Å². The van der Waals surface area contributed by atoms with E-state index in [0.29, 0.717) is 5.92 Å². The van der Waals surface area contributed by atoms with Gasteiger partial charge in [0.15, 0.2) is 0 Å². The van der Waals surface area contributed by atoms with Crippen LogP contribution in [0.3, 0.4) is 0 Å². The SMILES string of the molecule is CNCC(Oc1cccc(Br)c1)C(C)C. The van der Waals surface area contributed by atoms with Crippen molar-refractivity contribution in [1.82, 2.24) is 5.32 Å². The Morgan fingerprint density at radius 1 is 1.40 bits per heavy atom. The van der Waals surface area contributed by atoms with Gasteiger partial charge in [-0.05, 0) is 31.2 Å². The number of rotatable bonds is 5. The molecule has 1 aromatic rings. The molecular weight excluding hydrogens is 254 g/mol. The van der Waals surface area contributed by atoms with E-state index in [4.69, 9.17) is 4.74 Å². The third kappa shape index (κ3) is 4.22. The van der Waals surface area contributed by atoms with Gasteiger partial charge in [0.25, 0.3) is 0 Å². The molecule has 1 N–H and O–H groups in total. The van der Waals surface area contributed by atoms with Crippen LogP contribution in [0, 0.1) is 5.92 Å². The van der Waals surface area contributed by atoms with Crippen molar-refractivity contribution in [3.05, 3.63) is 28.7 Å². The van der Waals surface area contributed by atoms with E-state index in [-0.39, 0.29) is 6.10 Å². The maximum Gasteiger partial charge on any atom is 0.120 e. The summed E-state index contributed by atoms with van der Waals surface area (Å²) in [6.07, 6.45) is 0.212. The second-order valence-electron chi connectivity index (χ2n) is 3.92. The van der Waals surface area contributed by atoms with Gasteiger partial charge < -0.3 is 10.1 Å². The average molecular weight is 272 g/mol. The number of halogens is 1. The Balaban J connectivity index is 2.65. The Kier molecular flexibility index (Phi) is 5.12. The van der Waals surface area contributed by atoms with Crippen molar-refractivity contribution in [1.29, 1.82) is 0 Å². The summed E-state index contributed by atoms with van der Waals surface area (Å²) in [5.74, 6) is 1.41. The fourth-order valence-electron chi connectivity index (χ4n) is 1.33. The van der Waals surface area contributed by atoms with Crippen LogP contribution in [0.1, 0.15) is 13.8 Å². The lowest BCUT2D eigenvalue weighted by molar-refractivity contribution is 0.151. The van der Waals surface area contributed by atoms with Crippen LogP contribution in [0.4, 0.5) is 0 Å². The molecule has 0 fully saturated rings. The molecule has 0 bridgehead atoms. The lowest BCUT2D eigenvalue weighted by Crippen LogP contribution is -2.33. The Labute approximate surface area is 100 Å². The van der Waals surface area contributed by atoms with Gasteiger partial charge in [-0.25, -0.2) is 0 Å². The smallest absolute Gasteiger partial charge is 0.120 e. The zero-order valence-corrected chi connectivity index (χ0v) is 11.0. The van der Waals surface area contributed by atoms with Gasteiger partial charge in [0.05, 0.1) is 0 Å². The predicted molar refractivity (Wildman–Crippen MR) is 67.3 cm³/mol. The summed E-state index contributed by atoms with van der Waals surface area (Å²) in [6.45, 7) is 5.20. The van der Waals surface area contributed by atoms with E-state index >= 15 is 0 Å². The van der Waals surface area contributed by atoms with Crippen LogP contribution in [-0.4, -0.2) is 19.7 Å². The minimum absolute atomic E-state index is 0.212. The third-order valence-electron chi connectivity index (χ3n) is 2.23. The number of ether oxygens (including phenoxy) is 1. The molecule has 1 unspecified atom stereocenters. The Morgan fingerprint density at radius 2 is 2.13 bits per heavy atom. The van der Waals surface area contributed by atoms with Crippen LogP contribution in [0.5, 0.6) is 5.75 Å². The molecule has 0 spiro atoms. The number of likely N-dealkylation sites (N-methyl/N-ethyl adjacent to an activating group) is 1. The fraction of sp³-hybridized carbons (Fsp3) is 0.500. The molecule has 0 saturated carbocycles. The maximum absolute atomic E-state index is 5.90. The summed E-state index contributed by atoms with van der Waals surface area (Å²) in [5.41, 5.74) is 0. The molecule has 1 rings (SSSR count). The van der Waals surface area contributed by atoms with Crippen LogP contribution < -0.4 is 10.1 Å². The summed E-state index contributed by atoms with van der Waals surface area (Å²) >= 11 is 3.43. The topological polar surface area (TPSA) is 21.3 Å². The van der Waals surface area contributed by atoms with Crippen LogP contribution >= 0.6 is 15.9 Å². The largest absolute Gasteiger partial charge is 0.489 e. The third-order valence-corrected chi connectivity index (χ3v) is 2.73. The second kappa shape index (κ2) is 6.13. The number of hydrogen-bond donors (Lipinski definition) is 1. The molecule has 2 nitrogen and oxygen atoms in total. The van der Waals surface area contributed by atoms with Gasteiger partial charge in [0.1, 0.15) is 11.9 Å². The first-order valence-electron chi connectivity index (χ1n) is 5.20. The Bertz CT molecular complexity index is 301. The van der Waals surface area contributed by atoms with Gasteiger partial charge in [-0.3, -0.25) is 0 Å². The zero-order valence-electron chi connectivity index (χ0n) is 9.46. The van der Waals surface area contributed by atoms with Gasteiger partial charge >= 0.3 is 0 Å². The van der Waals surface area contributed by atoms with Crippen molar-refractivity contribution in [2.24, 2.45) is 5.92 Å². The molecule has 0 saturated heterocycles. The predicted octanol–water partition coefficient (Wildman–Crippen LogP) is 3.07. The van der Waals surface area contributed by atoms with Gasteiger partial charge in [0.2, 0.25) is 0 Å². The molecular formula is C12H18BrNO. The molecule has 1 atom stereocenters. The van der Waals surface area contributed by atoms with E-state index in [1.807, 2.05) is 31.3 Å². The minimum Gasteiger partial charge on any atom is -0.489 e. The summed E-state index contributed by atoms with van der Waals surface area (Å²) in [7, 11) is 1.94. The van der Waals surface area contributed by atoms with Crippen molar-refractivity contribution < 1.29 is 4.74 Å². The lowest BCUT2D eigenvalue weighted by Gasteiger charge is -2.22. The summed E-state index contributed by atoms with van der Waals surface area (Å²) in [6, 6.07) is 7.95. The highest BCUT2D eigenvalue weighted by atomic mass is 79.9. The molecule has 0 aromatic heterocycles. The molecule has 0 amide bonds. The first-order valence-corrected chi connectivity index (χ1v) is 5.99. The van der Waals surface area contributed by atoms with Crippen LogP contribution in [0.15, 0.2) is 28.7 Å². The van der Waals surface area contributed by atoms with Crippen molar-refractivity contribution in [3.63, 3.8) is 0 Å². The first-order chi connectivity index (χ1) is 7.13. The second-order valence-corrected chi connectivity index (χ2v) is 4.83. The Hall–Kier alpha value is -0.540. The number of hydrogen-bond acceptors (Lipinski definition) is 2. The maximum atomic E-state index is 5.90. The number of benzene rings is 1. The van der Waals surface area contributed by atoms with E-state index in [9.17, 15) is 0 Å². The van der Waals surface area contributed by atoms with Crippen molar-refractivity contribution in [2.75, 3.05) is 13.6 Å². The van der Waals surface area contributed by atoms with Crippen molar-refractivity contribution in [3.8, 4) is 5.75 Å². The molecule has 0 aliphatic carbocycles. The molecule has 3 heteroatoms. The quantitative estimate of drug-likeness (QED) is 0.889. The molecule has 0 aliphatic rings. The molecule has 84 valence electrons. The summed E-state index contributed by atoms with van der Waals surface area (Å²) < 4.78 is 6.95. The van der Waals surface area contributed by atoms with Crippen LogP contribution in [0.25, 0.3) is 0 Å². The van der Waals surface area contributed by atoms with E-state index in [2.05, 4.69) is 35.1 Å². The van der Waals surface area contributed by atoms with Gasteiger partial charge in [0, 0.05) is 11.0 Å². The van der Waals surface area contributed by atoms with Crippen molar-refractivity contribution in [2.45, 2.75) is 20.0 Å². The lowest BCUT2D eigenvalue weighted by atomic mass is 10.1. The molecule has 0 radical (unpaired) electrons. The standard InChI is InChI=1S/C12H18BrNO/c1-9(2)12(8-14-3)15-11-6-4-5-10(13)7-11/h4-7,9,12,14H,8H2,1-3H3. The normalized spacial score (nSPS) is 12.9. The highest BCUT2D eigenvalue weighted by molar-refractivity contribution is 9.10. The molecule has 0 heterocycles. The average Bonchev–Trinajstić information content (AvgIpc) is 2.17. The first kappa shape index (κ1) is 12.5. The highest BCUT2D eigenvalue weighted by Gasteiger charge is 2.13.